The van der Waals surface area contributed by atoms with E-state index < -0.39 is 0 Å². The third-order valence-electron chi connectivity index (χ3n) is 5.04. The van der Waals surface area contributed by atoms with Gasteiger partial charge in [0.1, 0.15) is 5.82 Å². The first kappa shape index (κ1) is 18.4. The number of aromatic nitrogens is 2. The molecule has 3 aromatic carbocycles. The highest BCUT2D eigenvalue weighted by atomic mass is 14.9. The second-order valence-electron chi connectivity index (χ2n) is 7.11. The molecule has 0 saturated heterocycles. The maximum absolute atomic E-state index is 4.77. The molecule has 0 bridgehead atoms. The third kappa shape index (κ3) is 3.98. The first-order chi connectivity index (χ1) is 13.7. The topological polar surface area (TPSA) is 52.7 Å². The highest BCUT2D eigenvalue weighted by molar-refractivity contribution is 5.82. The summed E-state index contributed by atoms with van der Waals surface area (Å²) < 4.78 is 0. The molecule has 0 atom stereocenters. The van der Waals surface area contributed by atoms with E-state index in [1.165, 1.54) is 22.3 Å². The number of likely N-dealkylation sites (N-methyl/N-ethyl adjacent to an activating group) is 1. The smallest absolute Gasteiger partial charge is 0.138 e. The van der Waals surface area contributed by atoms with Crippen molar-refractivity contribution in [1.82, 2.24) is 20.6 Å². The molecule has 28 heavy (non-hydrogen) atoms. The molecule has 0 saturated carbocycles. The number of benzene rings is 3. The zero-order chi connectivity index (χ0) is 19.3. The Morgan fingerprint density at radius 3 is 2.18 bits per heavy atom. The van der Waals surface area contributed by atoms with Crippen LogP contribution in [0, 0.1) is 6.92 Å². The van der Waals surface area contributed by atoms with Crippen LogP contribution in [0.25, 0.3) is 33.5 Å². The van der Waals surface area contributed by atoms with Gasteiger partial charge in [-0.05, 0) is 42.3 Å². The highest BCUT2D eigenvalue weighted by Gasteiger charge is 2.07. The number of aromatic amines is 1. The van der Waals surface area contributed by atoms with Crippen LogP contribution in [0.5, 0.6) is 0 Å². The Morgan fingerprint density at radius 1 is 0.821 bits per heavy atom. The van der Waals surface area contributed by atoms with E-state index in [2.05, 4.69) is 89.3 Å². The molecule has 0 spiro atoms. The van der Waals surface area contributed by atoms with E-state index in [-0.39, 0.29) is 0 Å². The van der Waals surface area contributed by atoms with Gasteiger partial charge in [-0.1, -0.05) is 60.7 Å². The van der Waals surface area contributed by atoms with Gasteiger partial charge in [0.25, 0.3) is 0 Å². The Hall–Kier alpha value is -2.95. The van der Waals surface area contributed by atoms with Crippen molar-refractivity contribution in [2.24, 2.45) is 0 Å². The molecule has 1 aromatic heterocycles. The van der Waals surface area contributed by atoms with Crippen LogP contribution in [-0.2, 0) is 6.54 Å². The van der Waals surface area contributed by atoms with Crippen molar-refractivity contribution in [2.75, 3.05) is 20.1 Å². The Morgan fingerprint density at radius 2 is 1.50 bits per heavy atom. The molecular weight excluding hydrogens is 344 g/mol. The number of imidazole rings is 1. The molecule has 0 aliphatic heterocycles. The molecule has 4 nitrogen and oxygen atoms in total. The average Bonchev–Trinajstić information content (AvgIpc) is 3.18. The Kier molecular flexibility index (Phi) is 5.51. The van der Waals surface area contributed by atoms with Gasteiger partial charge < -0.3 is 15.6 Å². The van der Waals surface area contributed by atoms with Gasteiger partial charge in [-0.2, -0.15) is 0 Å². The summed E-state index contributed by atoms with van der Waals surface area (Å²) >= 11 is 0. The zero-order valence-corrected chi connectivity index (χ0v) is 16.4. The molecule has 3 N–H and O–H groups in total. The molecule has 4 rings (SSSR count). The summed E-state index contributed by atoms with van der Waals surface area (Å²) in [6, 6.07) is 23.6. The largest absolute Gasteiger partial charge is 0.338 e. The number of rotatable bonds is 7. The summed E-state index contributed by atoms with van der Waals surface area (Å²) in [7, 11) is 1.97. The minimum absolute atomic E-state index is 0.895. The monoisotopic (exact) mass is 370 g/mol. The first-order valence-electron chi connectivity index (χ1n) is 9.75. The van der Waals surface area contributed by atoms with E-state index in [4.69, 9.17) is 4.98 Å². The van der Waals surface area contributed by atoms with Crippen LogP contribution in [0.2, 0.25) is 0 Å². The lowest BCUT2D eigenvalue weighted by atomic mass is 10.0. The maximum atomic E-state index is 4.77. The van der Waals surface area contributed by atoms with E-state index in [1.54, 1.807) is 0 Å². The standard InChI is InChI=1S/C24H26N4/c1-17-4-3-5-22-23(17)28-24(27-22)21-12-10-20(11-13-21)19-8-6-18(7-9-19)16-26-15-14-25-2/h3-13,25-26H,14-16H2,1-2H3,(H,27,28). The lowest BCUT2D eigenvalue weighted by Crippen LogP contribution is -2.24. The van der Waals surface area contributed by atoms with E-state index in [1.807, 2.05) is 7.05 Å². The summed E-state index contributed by atoms with van der Waals surface area (Å²) in [6.07, 6.45) is 0. The van der Waals surface area contributed by atoms with Gasteiger partial charge in [0.15, 0.2) is 0 Å². The maximum Gasteiger partial charge on any atom is 0.138 e. The zero-order valence-electron chi connectivity index (χ0n) is 16.4. The highest BCUT2D eigenvalue weighted by Crippen LogP contribution is 2.26. The minimum atomic E-state index is 0.895. The number of hydrogen-bond acceptors (Lipinski definition) is 3. The second kappa shape index (κ2) is 8.38. The normalized spacial score (nSPS) is 11.2. The third-order valence-corrected chi connectivity index (χ3v) is 5.04. The van der Waals surface area contributed by atoms with Crippen molar-refractivity contribution in [3.63, 3.8) is 0 Å². The molecule has 4 aromatic rings. The van der Waals surface area contributed by atoms with Crippen molar-refractivity contribution in [2.45, 2.75) is 13.5 Å². The van der Waals surface area contributed by atoms with E-state index >= 15 is 0 Å². The number of aryl methyl sites for hydroxylation is 1. The van der Waals surface area contributed by atoms with Crippen LogP contribution >= 0.6 is 0 Å². The number of H-pyrrole nitrogens is 1. The van der Waals surface area contributed by atoms with Gasteiger partial charge in [-0.25, -0.2) is 4.98 Å². The van der Waals surface area contributed by atoms with Crippen LogP contribution < -0.4 is 10.6 Å². The van der Waals surface area contributed by atoms with Crippen molar-refractivity contribution in [1.29, 1.82) is 0 Å². The molecule has 0 fully saturated rings. The van der Waals surface area contributed by atoms with Crippen LogP contribution in [-0.4, -0.2) is 30.1 Å². The van der Waals surface area contributed by atoms with Crippen LogP contribution in [0.4, 0.5) is 0 Å². The molecule has 1 heterocycles. The molecule has 0 amide bonds. The molecule has 0 aliphatic rings. The summed E-state index contributed by atoms with van der Waals surface area (Å²) in [5.41, 5.74) is 8.16. The number of para-hydroxylation sites is 1. The Bertz CT molecular complexity index is 1050. The number of hydrogen-bond donors (Lipinski definition) is 3. The quantitative estimate of drug-likeness (QED) is 0.419. The lowest BCUT2D eigenvalue weighted by Gasteiger charge is -2.07. The summed E-state index contributed by atoms with van der Waals surface area (Å²) in [5.74, 6) is 0.916. The summed E-state index contributed by atoms with van der Waals surface area (Å²) in [5, 5.41) is 6.57. The number of fused-ring (bicyclic) bond motifs is 1. The van der Waals surface area contributed by atoms with Crippen LogP contribution in [0.3, 0.4) is 0 Å². The first-order valence-corrected chi connectivity index (χ1v) is 9.75. The van der Waals surface area contributed by atoms with Gasteiger partial charge >= 0.3 is 0 Å². The van der Waals surface area contributed by atoms with Crippen molar-refractivity contribution in [3.05, 3.63) is 77.9 Å². The van der Waals surface area contributed by atoms with Gasteiger partial charge in [0.2, 0.25) is 0 Å². The van der Waals surface area contributed by atoms with E-state index in [0.717, 1.165) is 42.1 Å². The van der Waals surface area contributed by atoms with Crippen LogP contribution in [0.15, 0.2) is 66.7 Å². The second-order valence-corrected chi connectivity index (χ2v) is 7.11. The number of nitrogens with one attached hydrogen (secondary N) is 3. The SMILES string of the molecule is CNCCNCc1ccc(-c2ccc(-c3nc4c(C)cccc4[nH]3)cc2)cc1. The molecule has 0 radical (unpaired) electrons. The predicted octanol–water partition coefficient (Wildman–Crippen LogP) is 4.51. The number of nitrogens with zero attached hydrogens (tertiary/aromatic N) is 1. The molecule has 4 heteroatoms. The molecule has 142 valence electrons. The molecular formula is C24H26N4. The minimum Gasteiger partial charge on any atom is -0.338 e. The fourth-order valence-electron chi connectivity index (χ4n) is 3.39. The Labute approximate surface area is 166 Å². The van der Waals surface area contributed by atoms with Gasteiger partial charge in [0.05, 0.1) is 11.0 Å². The molecule has 0 unspecified atom stereocenters. The van der Waals surface area contributed by atoms with Crippen molar-refractivity contribution >= 4 is 11.0 Å². The van der Waals surface area contributed by atoms with E-state index in [0.29, 0.717) is 0 Å². The van der Waals surface area contributed by atoms with E-state index in [9.17, 15) is 0 Å². The fourth-order valence-corrected chi connectivity index (χ4v) is 3.39. The van der Waals surface area contributed by atoms with Crippen molar-refractivity contribution in [3.8, 4) is 22.5 Å². The van der Waals surface area contributed by atoms with Gasteiger partial charge in [0, 0.05) is 25.2 Å². The average molecular weight is 370 g/mol. The van der Waals surface area contributed by atoms with Crippen molar-refractivity contribution < 1.29 is 0 Å². The summed E-state index contributed by atoms with van der Waals surface area (Å²) in [6.45, 7) is 4.94. The van der Waals surface area contributed by atoms with Gasteiger partial charge in [-0.3, -0.25) is 0 Å². The van der Waals surface area contributed by atoms with Gasteiger partial charge in [-0.15, -0.1) is 0 Å². The summed E-state index contributed by atoms with van der Waals surface area (Å²) in [4.78, 5) is 8.20. The van der Waals surface area contributed by atoms with Crippen LogP contribution in [0.1, 0.15) is 11.1 Å². The fraction of sp³-hybridized carbons (Fsp3) is 0.208. The lowest BCUT2D eigenvalue weighted by molar-refractivity contribution is 0.651. The Balaban J connectivity index is 1.48. The molecule has 0 aliphatic carbocycles. The predicted molar refractivity (Wildman–Crippen MR) is 117 cm³/mol.